The van der Waals surface area contributed by atoms with E-state index in [9.17, 15) is 5.11 Å². The highest BCUT2D eigenvalue weighted by atomic mass is 35.5. The molecule has 0 fully saturated rings. The Labute approximate surface area is 106 Å². The molecule has 0 aromatic carbocycles. The minimum atomic E-state index is -0.601. The number of rotatable bonds is 6. The second kappa shape index (κ2) is 6.74. The molecule has 1 aromatic heterocycles. The van der Waals surface area contributed by atoms with Crippen LogP contribution in [0.4, 0.5) is 0 Å². The zero-order valence-electron chi connectivity index (χ0n) is 10.3. The number of hydrogen-bond acceptors (Lipinski definition) is 5. The average Bonchev–Trinajstić information content (AvgIpc) is 2.27. The van der Waals surface area contributed by atoms with Crippen LogP contribution in [0.1, 0.15) is 19.5 Å². The summed E-state index contributed by atoms with van der Waals surface area (Å²) in [5, 5.41) is 13.0. The van der Waals surface area contributed by atoms with E-state index in [1.165, 1.54) is 0 Å². The van der Waals surface area contributed by atoms with Crippen molar-refractivity contribution in [2.75, 3.05) is 13.2 Å². The molecular weight excluding hydrogens is 242 g/mol. The van der Waals surface area contributed by atoms with Gasteiger partial charge in [-0.25, -0.2) is 9.97 Å². The van der Waals surface area contributed by atoms with E-state index in [0.29, 0.717) is 12.6 Å². The van der Waals surface area contributed by atoms with Crippen molar-refractivity contribution in [3.63, 3.8) is 0 Å². The van der Waals surface area contributed by atoms with Crippen molar-refractivity contribution in [2.45, 2.75) is 32.9 Å². The maximum Gasteiger partial charge on any atom is 0.252 e. The number of aliphatic hydroxyl groups is 1. The maximum absolute atomic E-state index is 9.64. The van der Waals surface area contributed by atoms with Gasteiger partial charge in [-0.15, -0.1) is 0 Å². The van der Waals surface area contributed by atoms with E-state index in [1.54, 1.807) is 13.1 Å². The van der Waals surface area contributed by atoms with Gasteiger partial charge in [0.25, 0.3) is 5.88 Å². The Morgan fingerprint density at radius 1 is 1.53 bits per heavy atom. The number of nitrogens with zero attached hydrogens (tertiary/aromatic N) is 2. The number of hydrogen-bond donors (Lipinski definition) is 2. The van der Waals surface area contributed by atoms with Crippen LogP contribution in [-0.4, -0.2) is 40.4 Å². The molecule has 0 saturated carbocycles. The second-order valence-corrected chi connectivity index (χ2v) is 4.49. The Kier molecular flexibility index (Phi) is 5.61. The van der Waals surface area contributed by atoms with Crippen molar-refractivity contribution in [1.29, 1.82) is 0 Å². The van der Waals surface area contributed by atoms with Gasteiger partial charge in [0.05, 0.1) is 11.9 Å². The summed E-state index contributed by atoms with van der Waals surface area (Å²) >= 11 is 5.81. The lowest BCUT2D eigenvalue weighted by Crippen LogP contribution is -2.35. The third-order valence-electron chi connectivity index (χ3n) is 1.99. The van der Waals surface area contributed by atoms with Crippen molar-refractivity contribution in [3.05, 3.63) is 17.0 Å². The topological polar surface area (TPSA) is 67.3 Å². The van der Waals surface area contributed by atoms with E-state index in [-0.39, 0.29) is 17.6 Å². The molecule has 0 aliphatic carbocycles. The number of halogens is 1. The minimum absolute atomic E-state index is 0.136. The summed E-state index contributed by atoms with van der Waals surface area (Å²) in [6, 6.07) is 0.326. The van der Waals surface area contributed by atoms with Gasteiger partial charge in [-0.3, -0.25) is 0 Å². The highest BCUT2D eigenvalue weighted by Crippen LogP contribution is 2.18. The monoisotopic (exact) mass is 259 g/mol. The Balaban J connectivity index is 2.41. The fourth-order valence-electron chi connectivity index (χ4n) is 1.14. The molecular formula is C11H18ClN3O2. The largest absolute Gasteiger partial charge is 0.473 e. The van der Waals surface area contributed by atoms with Crippen LogP contribution >= 0.6 is 11.6 Å². The molecule has 1 heterocycles. The summed E-state index contributed by atoms with van der Waals surface area (Å²) < 4.78 is 5.32. The van der Waals surface area contributed by atoms with Crippen LogP contribution in [0.3, 0.4) is 0 Å². The minimum Gasteiger partial charge on any atom is -0.473 e. The van der Waals surface area contributed by atoms with Gasteiger partial charge < -0.3 is 15.2 Å². The molecule has 0 spiro atoms. The summed E-state index contributed by atoms with van der Waals surface area (Å²) in [6.07, 6.45) is 0.960. The fraction of sp³-hybridized carbons (Fsp3) is 0.636. The Hall–Kier alpha value is -0.910. The normalized spacial score (nSPS) is 12.8. The van der Waals surface area contributed by atoms with E-state index < -0.39 is 6.10 Å². The highest BCUT2D eigenvalue weighted by molar-refractivity contribution is 6.30. The van der Waals surface area contributed by atoms with Gasteiger partial charge in [0.2, 0.25) is 0 Å². The Morgan fingerprint density at radius 2 is 2.24 bits per heavy atom. The van der Waals surface area contributed by atoms with Crippen LogP contribution < -0.4 is 10.1 Å². The molecule has 6 heteroatoms. The maximum atomic E-state index is 9.64. The quantitative estimate of drug-likeness (QED) is 0.803. The fourth-order valence-corrected chi connectivity index (χ4v) is 1.28. The number of aryl methyl sites for hydroxylation is 1. The van der Waals surface area contributed by atoms with Crippen molar-refractivity contribution < 1.29 is 9.84 Å². The van der Waals surface area contributed by atoms with Crippen molar-refractivity contribution >= 4 is 11.6 Å². The summed E-state index contributed by atoms with van der Waals surface area (Å²) in [4.78, 5) is 8.00. The molecule has 1 atom stereocenters. The molecule has 2 N–H and O–H groups in total. The van der Waals surface area contributed by atoms with Crippen LogP contribution in [0, 0.1) is 6.92 Å². The van der Waals surface area contributed by atoms with Crippen LogP contribution in [0.25, 0.3) is 0 Å². The highest BCUT2D eigenvalue weighted by Gasteiger charge is 2.09. The molecule has 1 aromatic rings. The lowest BCUT2D eigenvalue weighted by molar-refractivity contribution is 0.102. The van der Waals surface area contributed by atoms with Crippen LogP contribution in [0.15, 0.2) is 6.20 Å². The molecule has 0 amide bonds. The molecule has 0 aliphatic heterocycles. The molecule has 96 valence electrons. The van der Waals surface area contributed by atoms with Crippen molar-refractivity contribution in [2.24, 2.45) is 0 Å². The summed E-state index contributed by atoms with van der Waals surface area (Å²) in [7, 11) is 0. The molecule has 1 unspecified atom stereocenters. The number of aromatic nitrogens is 2. The van der Waals surface area contributed by atoms with Crippen molar-refractivity contribution in [1.82, 2.24) is 15.3 Å². The number of nitrogens with one attached hydrogen (secondary N) is 1. The zero-order chi connectivity index (χ0) is 12.8. The van der Waals surface area contributed by atoms with Crippen LogP contribution in [0.2, 0.25) is 5.15 Å². The van der Waals surface area contributed by atoms with Gasteiger partial charge in [-0.05, 0) is 6.92 Å². The van der Waals surface area contributed by atoms with E-state index in [4.69, 9.17) is 16.3 Å². The van der Waals surface area contributed by atoms with Gasteiger partial charge >= 0.3 is 0 Å². The first-order chi connectivity index (χ1) is 7.99. The molecule has 1 rings (SSSR count). The molecule has 5 nitrogen and oxygen atoms in total. The lowest BCUT2D eigenvalue weighted by atomic mass is 10.3. The number of ether oxygens (including phenoxy) is 1. The molecule has 0 radical (unpaired) electrons. The van der Waals surface area contributed by atoms with E-state index in [2.05, 4.69) is 15.3 Å². The van der Waals surface area contributed by atoms with Gasteiger partial charge in [0.1, 0.15) is 12.7 Å². The smallest absolute Gasteiger partial charge is 0.252 e. The number of aliphatic hydroxyl groups excluding tert-OH is 1. The van der Waals surface area contributed by atoms with Gasteiger partial charge in [-0.1, -0.05) is 25.4 Å². The standard InChI is InChI=1S/C11H18ClN3O2/c1-7(2)13-5-9(16)6-17-11-10(12)14-4-8(3)15-11/h4,7,9,13,16H,5-6H2,1-3H3. The predicted molar refractivity (Wildman–Crippen MR) is 66.4 cm³/mol. The average molecular weight is 260 g/mol. The second-order valence-electron chi connectivity index (χ2n) is 4.14. The van der Waals surface area contributed by atoms with Gasteiger partial charge in [-0.2, -0.15) is 0 Å². The zero-order valence-corrected chi connectivity index (χ0v) is 11.0. The first-order valence-corrected chi connectivity index (χ1v) is 5.90. The lowest BCUT2D eigenvalue weighted by Gasteiger charge is -2.14. The van der Waals surface area contributed by atoms with E-state index in [0.717, 1.165) is 5.69 Å². The Morgan fingerprint density at radius 3 is 2.88 bits per heavy atom. The van der Waals surface area contributed by atoms with E-state index >= 15 is 0 Å². The summed E-state index contributed by atoms with van der Waals surface area (Å²) in [5.74, 6) is 0.260. The third-order valence-corrected chi connectivity index (χ3v) is 2.25. The molecule has 17 heavy (non-hydrogen) atoms. The SMILES string of the molecule is Cc1cnc(Cl)c(OCC(O)CNC(C)C)n1. The predicted octanol–water partition coefficient (Wildman–Crippen LogP) is 1.18. The Bertz CT molecular complexity index is 361. The van der Waals surface area contributed by atoms with E-state index in [1.807, 2.05) is 13.8 Å². The van der Waals surface area contributed by atoms with Crippen LogP contribution in [0.5, 0.6) is 5.88 Å². The van der Waals surface area contributed by atoms with Gasteiger partial charge in [0.15, 0.2) is 5.15 Å². The molecule has 0 saturated heterocycles. The molecule has 0 aliphatic rings. The summed E-state index contributed by atoms with van der Waals surface area (Å²) in [5.41, 5.74) is 0.721. The van der Waals surface area contributed by atoms with Gasteiger partial charge in [0, 0.05) is 12.6 Å². The first-order valence-electron chi connectivity index (χ1n) is 5.52. The van der Waals surface area contributed by atoms with Crippen LogP contribution in [-0.2, 0) is 0 Å². The van der Waals surface area contributed by atoms with Crippen molar-refractivity contribution in [3.8, 4) is 5.88 Å². The first kappa shape index (κ1) is 14.2. The molecule has 0 bridgehead atoms. The summed E-state index contributed by atoms with van der Waals surface area (Å²) in [6.45, 7) is 6.42. The third kappa shape index (κ3) is 5.30.